The van der Waals surface area contributed by atoms with Gasteiger partial charge in [-0.05, 0) is 69.7 Å². The molecule has 1 fully saturated rings. The van der Waals surface area contributed by atoms with Gasteiger partial charge in [-0.25, -0.2) is 8.42 Å². The van der Waals surface area contributed by atoms with E-state index in [1.165, 1.54) is 11.4 Å². The van der Waals surface area contributed by atoms with Crippen LogP contribution in [0.5, 0.6) is 0 Å². The lowest BCUT2D eigenvalue weighted by Gasteiger charge is -2.32. The minimum absolute atomic E-state index is 0.112. The predicted molar refractivity (Wildman–Crippen MR) is 111 cm³/mol. The third-order valence-electron chi connectivity index (χ3n) is 5.81. The number of benzene rings is 1. The van der Waals surface area contributed by atoms with E-state index in [1.54, 1.807) is 6.92 Å². The van der Waals surface area contributed by atoms with E-state index >= 15 is 0 Å². The van der Waals surface area contributed by atoms with Gasteiger partial charge in [-0.3, -0.25) is 9.59 Å². The van der Waals surface area contributed by atoms with Gasteiger partial charge in [0.2, 0.25) is 15.9 Å². The fourth-order valence-electron chi connectivity index (χ4n) is 3.80. The molecule has 0 saturated carbocycles. The summed E-state index contributed by atoms with van der Waals surface area (Å²) in [6, 6.07) is 1.69. The minimum atomic E-state index is -3.62. The van der Waals surface area contributed by atoms with E-state index in [0.29, 0.717) is 30.8 Å². The molecule has 8 heteroatoms. The zero-order valence-electron chi connectivity index (χ0n) is 18.2. The Morgan fingerprint density at radius 1 is 1.14 bits per heavy atom. The van der Waals surface area contributed by atoms with E-state index in [4.69, 9.17) is 0 Å². The van der Waals surface area contributed by atoms with Crippen LogP contribution < -0.4 is 5.32 Å². The number of sulfonamides is 1. The Kier molecular flexibility index (Phi) is 7.45. The summed E-state index contributed by atoms with van der Waals surface area (Å²) in [5.41, 5.74) is 3.48. The number of piperidine rings is 1. The number of carbonyl (C=O) groups excluding carboxylic acids is 2. The van der Waals surface area contributed by atoms with Gasteiger partial charge >= 0.3 is 5.97 Å². The van der Waals surface area contributed by atoms with Crippen molar-refractivity contribution >= 4 is 21.9 Å². The summed E-state index contributed by atoms with van der Waals surface area (Å²) in [5, 5.41) is 2.83. The second-order valence-electron chi connectivity index (χ2n) is 7.96. The molecule has 1 aromatic rings. The smallest absolute Gasteiger partial charge is 0.307 e. The molecule has 2 rings (SSSR count). The van der Waals surface area contributed by atoms with Crippen LogP contribution >= 0.6 is 0 Å². The third kappa shape index (κ3) is 5.17. The molecule has 162 valence electrons. The average Bonchev–Trinajstić information content (AvgIpc) is 2.66. The number of rotatable bonds is 6. The number of nitrogens with one attached hydrogen (secondary N) is 1. The number of nitrogens with zero attached hydrogens (tertiary/aromatic N) is 1. The topological polar surface area (TPSA) is 92.8 Å². The highest BCUT2D eigenvalue weighted by molar-refractivity contribution is 7.89. The lowest BCUT2D eigenvalue weighted by molar-refractivity contribution is -0.141. The molecule has 0 radical (unpaired) electrons. The molecule has 7 nitrogen and oxygen atoms in total. The fraction of sp³-hybridized carbons (Fsp3) is 0.619. The number of carbonyl (C=O) groups is 2. The van der Waals surface area contributed by atoms with Crippen LogP contribution in [0.25, 0.3) is 0 Å². The molecule has 1 aliphatic rings. The summed E-state index contributed by atoms with van der Waals surface area (Å²) in [6.07, 6.45) is 1.03. The molecule has 1 N–H and O–H groups in total. The van der Waals surface area contributed by atoms with E-state index in [1.807, 2.05) is 33.8 Å². The summed E-state index contributed by atoms with van der Waals surface area (Å²) >= 11 is 0. The second-order valence-corrected chi connectivity index (χ2v) is 9.83. The second kappa shape index (κ2) is 9.26. The molecule has 1 atom stereocenters. The Hall–Kier alpha value is -1.93. The van der Waals surface area contributed by atoms with Crippen molar-refractivity contribution in [2.24, 2.45) is 5.92 Å². The van der Waals surface area contributed by atoms with E-state index in [0.717, 1.165) is 22.3 Å². The van der Waals surface area contributed by atoms with Gasteiger partial charge in [0.25, 0.3) is 0 Å². The molecule has 1 amide bonds. The number of ether oxygens (including phenoxy) is 1. The van der Waals surface area contributed by atoms with Crippen molar-refractivity contribution in [3.63, 3.8) is 0 Å². The Morgan fingerprint density at radius 3 is 2.14 bits per heavy atom. The molecule has 29 heavy (non-hydrogen) atoms. The highest BCUT2D eigenvalue weighted by Gasteiger charge is 2.34. The number of esters is 1. The van der Waals surface area contributed by atoms with Crippen LogP contribution in [0.2, 0.25) is 0 Å². The van der Waals surface area contributed by atoms with Gasteiger partial charge in [0.05, 0.1) is 18.4 Å². The van der Waals surface area contributed by atoms with E-state index < -0.39 is 10.0 Å². The molecule has 0 aliphatic carbocycles. The van der Waals surface area contributed by atoms with Crippen LogP contribution in [0.4, 0.5) is 0 Å². The van der Waals surface area contributed by atoms with Crippen LogP contribution in [-0.4, -0.2) is 50.8 Å². The monoisotopic (exact) mass is 424 g/mol. The van der Waals surface area contributed by atoms with Gasteiger partial charge in [0.1, 0.15) is 0 Å². The van der Waals surface area contributed by atoms with Crippen LogP contribution in [0.3, 0.4) is 0 Å². The van der Waals surface area contributed by atoms with Crippen LogP contribution in [0, 0.1) is 33.6 Å². The molecule has 0 spiro atoms. The van der Waals surface area contributed by atoms with Crippen molar-refractivity contribution in [1.82, 2.24) is 9.62 Å². The maximum absolute atomic E-state index is 13.3. The first kappa shape index (κ1) is 23.3. The average molecular weight is 425 g/mol. The Morgan fingerprint density at radius 2 is 1.66 bits per heavy atom. The lowest BCUT2D eigenvalue weighted by Crippen LogP contribution is -2.45. The van der Waals surface area contributed by atoms with Gasteiger partial charge in [-0.15, -0.1) is 0 Å². The summed E-state index contributed by atoms with van der Waals surface area (Å²) in [4.78, 5) is 24.2. The largest absolute Gasteiger partial charge is 0.469 e. The van der Waals surface area contributed by atoms with E-state index in [2.05, 4.69) is 10.1 Å². The fourth-order valence-corrected chi connectivity index (χ4v) is 5.85. The first-order valence-electron chi connectivity index (χ1n) is 9.93. The molecular formula is C21H32N2O5S. The van der Waals surface area contributed by atoms with Gasteiger partial charge in [0.15, 0.2) is 0 Å². The molecule has 1 heterocycles. The normalized spacial score (nSPS) is 17.0. The lowest BCUT2D eigenvalue weighted by atomic mass is 9.97. The summed E-state index contributed by atoms with van der Waals surface area (Å²) in [5.74, 6) is -0.780. The van der Waals surface area contributed by atoms with Crippen molar-refractivity contribution in [2.45, 2.75) is 64.8 Å². The van der Waals surface area contributed by atoms with Gasteiger partial charge in [-0.1, -0.05) is 6.07 Å². The summed E-state index contributed by atoms with van der Waals surface area (Å²) in [7, 11) is -2.31. The first-order chi connectivity index (χ1) is 13.5. The third-order valence-corrected chi connectivity index (χ3v) is 7.98. The van der Waals surface area contributed by atoms with Crippen molar-refractivity contribution < 1.29 is 22.7 Å². The van der Waals surface area contributed by atoms with Crippen LogP contribution in [-0.2, 0) is 24.3 Å². The van der Waals surface area contributed by atoms with Crippen molar-refractivity contribution in [1.29, 1.82) is 0 Å². The van der Waals surface area contributed by atoms with Crippen LogP contribution in [0.15, 0.2) is 11.0 Å². The van der Waals surface area contributed by atoms with E-state index in [-0.39, 0.29) is 30.3 Å². The number of methoxy groups -OCH3 is 1. The predicted octanol–water partition coefficient (Wildman–Crippen LogP) is 2.39. The number of amides is 1. The molecule has 1 saturated heterocycles. The molecule has 0 unspecified atom stereocenters. The highest BCUT2D eigenvalue weighted by Crippen LogP contribution is 2.31. The van der Waals surface area contributed by atoms with Crippen molar-refractivity contribution in [2.75, 3.05) is 20.2 Å². The Bertz CT molecular complexity index is 861. The van der Waals surface area contributed by atoms with Crippen LogP contribution in [0.1, 0.15) is 48.4 Å². The Labute approximate surface area is 173 Å². The van der Waals surface area contributed by atoms with Gasteiger partial charge < -0.3 is 10.1 Å². The maximum Gasteiger partial charge on any atom is 0.307 e. The SMILES string of the molecule is COC(=O)C[C@@H](C)NC(=O)C1CCN(S(=O)(=O)c2c(C)c(C)cc(C)c2C)CC1. The van der Waals surface area contributed by atoms with Gasteiger partial charge in [-0.2, -0.15) is 4.31 Å². The van der Waals surface area contributed by atoms with Crippen molar-refractivity contribution in [3.05, 3.63) is 28.3 Å². The molecule has 1 aliphatic heterocycles. The highest BCUT2D eigenvalue weighted by atomic mass is 32.2. The quantitative estimate of drug-likeness (QED) is 0.708. The van der Waals surface area contributed by atoms with E-state index in [9.17, 15) is 18.0 Å². The maximum atomic E-state index is 13.3. The number of aryl methyl sites for hydroxylation is 2. The summed E-state index contributed by atoms with van der Waals surface area (Å²) < 4.78 is 32.7. The standard InChI is InChI=1S/C21H32N2O5S/c1-13-11-14(2)17(5)20(16(13)4)29(26,27)23-9-7-18(8-10-23)21(25)22-15(3)12-19(24)28-6/h11,15,18H,7-10,12H2,1-6H3,(H,22,25)/t15-/m1/s1. The minimum Gasteiger partial charge on any atom is -0.469 e. The summed E-state index contributed by atoms with van der Waals surface area (Å²) in [6.45, 7) is 9.89. The molecule has 0 bridgehead atoms. The molecular weight excluding hydrogens is 392 g/mol. The Balaban J connectivity index is 2.07. The number of hydrogen-bond acceptors (Lipinski definition) is 5. The first-order valence-corrected chi connectivity index (χ1v) is 11.4. The van der Waals surface area contributed by atoms with Crippen molar-refractivity contribution in [3.8, 4) is 0 Å². The molecule has 0 aromatic heterocycles. The van der Waals surface area contributed by atoms with Gasteiger partial charge in [0, 0.05) is 25.0 Å². The zero-order valence-corrected chi connectivity index (χ0v) is 19.0. The number of hydrogen-bond donors (Lipinski definition) is 1. The molecule has 1 aromatic carbocycles. The zero-order chi connectivity index (χ0) is 21.9.